The molecule has 0 bridgehead atoms. The van der Waals surface area contributed by atoms with Crippen molar-refractivity contribution >= 4 is 15.6 Å². The number of sulfone groups is 1. The molecule has 3 atom stereocenters. The van der Waals surface area contributed by atoms with Crippen molar-refractivity contribution in [1.29, 1.82) is 0 Å². The monoisotopic (exact) mass is 385 g/mol. The third kappa shape index (κ3) is 3.64. The largest absolute Gasteiger partial charge is 0.508 e. The quantitative estimate of drug-likeness (QED) is 0.801. The number of nitrogens with zero attached hydrogens (tertiary/aromatic N) is 1. The van der Waals surface area contributed by atoms with E-state index < -0.39 is 9.84 Å². The first-order valence-electron chi connectivity index (χ1n) is 9.27. The zero-order valence-corrected chi connectivity index (χ0v) is 15.8. The number of Topliss-reactive ketones (excluding diaryl/α,β-unsaturated/α-hetero) is 1. The first-order valence-corrected chi connectivity index (χ1v) is 10.8. The summed E-state index contributed by atoms with van der Waals surface area (Å²) in [6.45, 7) is 1.89. The average molecular weight is 385 g/mol. The van der Waals surface area contributed by atoms with Crippen LogP contribution in [0.5, 0.6) is 5.75 Å². The van der Waals surface area contributed by atoms with E-state index in [4.69, 9.17) is 0 Å². The van der Waals surface area contributed by atoms with Crippen molar-refractivity contribution < 1.29 is 18.3 Å². The van der Waals surface area contributed by atoms with E-state index in [0.29, 0.717) is 41.7 Å². The Bertz CT molecular complexity index is 910. The molecule has 1 aliphatic heterocycles. The first kappa shape index (κ1) is 18.2. The number of phenolic OH excluding ortho intramolecular Hbond substituents is 1. The molecule has 4 rings (SSSR count). The van der Waals surface area contributed by atoms with Gasteiger partial charge in [-0.25, -0.2) is 8.42 Å². The summed E-state index contributed by atoms with van der Waals surface area (Å²) in [6, 6.07) is 15.0. The van der Waals surface area contributed by atoms with Crippen molar-refractivity contribution in [3.63, 3.8) is 0 Å². The number of hydrogen-bond donors (Lipinski definition) is 1. The third-order valence-electron chi connectivity index (χ3n) is 5.85. The van der Waals surface area contributed by atoms with E-state index >= 15 is 0 Å². The Labute approximate surface area is 159 Å². The van der Waals surface area contributed by atoms with Gasteiger partial charge in [-0.15, -0.1) is 0 Å². The molecule has 1 aliphatic carbocycles. The molecule has 1 N–H and O–H groups in total. The predicted molar refractivity (Wildman–Crippen MR) is 103 cm³/mol. The molecule has 0 spiro atoms. The van der Waals surface area contributed by atoms with Crippen LogP contribution < -0.4 is 0 Å². The van der Waals surface area contributed by atoms with Crippen LogP contribution in [0.25, 0.3) is 0 Å². The number of ketones is 1. The molecule has 0 amide bonds. The number of hydrogen-bond acceptors (Lipinski definition) is 5. The number of carbonyl (C=O) groups excluding carboxylic acids is 1. The topological polar surface area (TPSA) is 74.7 Å². The molecule has 27 heavy (non-hydrogen) atoms. The molecule has 6 heteroatoms. The van der Waals surface area contributed by atoms with Gasteiger partial charge < -0.3 is 5.11 Å². The van der Waals surface area contributed by atoms with E-state index in [9.17, 15) is 18.3 Å². The van der Waals surface area contributed by atoms with E-state index in [1.165, 1.54) is 12.1 Å². The van der Waals surface area contributed by atoms with Crippen LogP contribution in [-0.4, -0.2) is 49.1 Å². The van der Waals surface area contributed by atoms with Crippen molar-refractivity contribution in [2.45, 2.75) is 23.0 Å². The number of fused-ring (bicyclic) bond motifs is 1. The number of carbonyl (C=O) groups is 1. The summed E-state index contributed by atoms with van der Waals surface area (Å²) >= 11 is 0. The van der Waals surface area contributed by atoms with Crippen LogP contribution in [0.15, 0.2) is 59.5 Å². The summed E-state index contributed by atoms with van der Waals surface area (Å²) in [4.78, 5) is 15.0. The van der Waals surface area contributed by atoms with Gasteiger partial charge >= 0.3 is 0 Å². The van der Waals surface area contributed by atoms with E-state index in [0.717, 1.165) is 13.1 Å². The van der Waals surface area contributed by atoms with Crippen molar-refractivity contribution in [3.8, 4) is 5.75 Å². The SMILES string of the molecule is O=C(CN1C[C@H]2CC(S(=O)(=O)c3ccccc3)C[C@H]2C1)c1ccc(O)cc1. The van der Waals surface area contributed by atoms with E-state index in [2.05, 4.69) is 4.90 Å². The van der Waals surface area contributed by atoms with Crippen LogP contribution in [0, 0.1) is 11.8 Å². The van der Waals surface area contributed by atoms with Gasteiger partial charge in [-0.05, 0) is 61.1 Å². The van der Waals surface area contributed by atoms with Gasteiger partial charge in [0.05, 0.1) is 16.7 Å². The molecule has 5 nitrogen and oxygen atoms in total. The van der Waals surface area contributed by atoms with Crippen molar-refractivity contribution in [2.24, 2.45) is 11.8 Å². The Kier molecular flexibility index (Phi) is 4.78. The van der Waals surface area contributed by atoms with Gasteiger partial charge in [0.1, 0.15) is 5.75 Å². The lowest BCUT2D eigenvalue weighted by atomic mass is 10.0. The smallest absolute Gasteiger partial charge is 0.181 e. The molecule has 2 aromatic rings. The zero-order valence-electron chi connectivity index (χ0n) is 15.0. The standard InChI is InChI=1S/C21H23NO4S/c23-18-8-6-15(7-9-18)21(24)14-22-12-16-10-20(11-17(16)13-22)27(25,26)19-4-2-1-3-5-19/h1-9,16-17,20,23H,10-14H2/t16-,17+,20?. The van der Waals surface area contributed by atoms with Gasteiger partial charge in [0.2, 0.25) is 0 Å². The number of rotatable bonds is 5. The second-order valence-corrected chi connectivity index (χ2v) is 9.86. The van der Waals surface area contributed by atoms with Crippen LogP contribution in [0.1, 0.15) is 23.2 Å². The summed E-state index contributed by atoms with van der Waals surface area (Å²) in [5.74, 6) is 0.846. The van der Waals surface area contributed by atoms with Gasteiger partial charge in [-0.1, -0.05) is 18.2 Å². The third-order valence-corrected chi connectivity index (χ3v) is 8.04. The van der Waals surface area contributed by atoms with Crippen molar-refractivity contribution in [2.75, 3.05) is 19.6 Å². The molecule has 1 saturated carbocycles. The van der Waals surface area contributed by atoms with Gasteiger partial charge in [0.15, 0.2) is 15.6 Å². The van der Waals surface area contributed by atoms with Crippen LogP contribution in [0.3, 0.4) is 0 Å². The maximum atomic E-state index is 12.8. The highest BCUT2D eigenvalue weighted by Crippen LogP contribution is 2.42. The highest BCUT2D eigenvalue weighted by molar-refractivity contribution is 7.92. The Morgan fingerprint density at radius 2 is 1.56 bits per heavy atom. The average Bonchev–Trinajstić information content (AvgIpc) is 3.22. The maximum Gasteiger partial charge on any atom is 0.181 e. The van der Waals surface area contributed by atoms with Gasteiger partial charge in [0, 0.05) is 18.7 Å². The lowest BCUT2D eigenvalue weighted by Crippen LogP contribution is -2.30. The summed E-state index contributed by atoms with van der Waals surface area (Å²) in [5, 5.41) is 9.02. The first-order chi connectivity index (χ1) is 12.9. The van der Waals surface area contributed by atoms with Gasteiger partial charge in [-0.3, -0.25) is 9.69 Å². The number of phenols is 1. The maximum absolute atomic E-state index is 12.8. The fourth-order valence-corrected chi connectivity index (χ4v) is 6.39. The Morgan fingerprint density at radius 3 is 2.15 bits per heavy atom. The normalized spacial score (nSPS) is 25.4. The van der Waals surface area contributed by atoms with Crippen molar-refractivity contribution in [3.05, 3.63) is 60.2 Å². The van der Waals surface area contributed by atoms with E-state index in [1.807, 2.05) is 6.07 Å². The number of aromatic hydroxyl groups is 1. The summed E-state index contributed by atoms with van der Waals surface area (Å²) in [6.07, 6.45) is 1.34. The molecule has 2 aromatic carbocycles. The highest BCUT2D eigenvalue weighted by atomic mass is 32.2. The van der Waals surface area contributed by atoms with Crippen LogP contribution >= 0.6 is 0 Å². The van der Waals surface area contributed by atoms with Crippen LogP contribution in [-0.2, 0) is 9.84 Å². The number of likely N-dealkylation sites (tertiary alicyclic amines) is 1. The van der Waals surface area contributed by atoms with Crippen LogP contribution in [0.2, 0.25) is 0 Å². The molecule has 2 aliphatic rings. The Hall–Kier alpha value is -2.18. The minimum absolute atomic E-state index is 0.0310. The van der Waals surface area contributed by atoms with Gasteiger partial charge in [0.25, 0.3) is 0 Å². The Morgan fingerprint density at radius 1 is 0.963 bits per heavy atom. The van der Waals surface area contributed by atoms with Crippen molar-refractivity contribution in [1.82, 2.24) is 4.90 Å². The fourth-order valence-electron chi connectivity index (χ4n) is 4.47. The van der Waals surface area contributed by atoms with E-state index in [-0.39, 0.29) is 16.8 Å². The Balaban J connectivity index is 1.37. The second-order valence-electron chi connectivity index (χ2n) is 7.64. The molecular formula is C21H23NO4S. The minimum Gasteiger partial charge on any atom is -0.508 e. The molecule has 142 valence electrons. The molecule has 1 saturated heterocycles. The molecular weight excluding hydrogens is 362 g/mol. The minimum atomic E-state index is -3.28. The summed E-state index contributed by atoms with van der Waals surface area (Å²) in [7, 11) is -3.28. The molecule has 1 unspecified atom stereocenters. The van der Waals surface area contributed by atoms with Gasteiger partial charge in [-0.2, -0.15) is 0 Å². The lowest BCUT2D eigenvalue weighted by molar-refractivity contribution is 0.0941. The number of benzene rings is 2. The molecule has 0 aromatic heterocycles. The lowest BCUT2D eigenvalue weighted by Gasteiger charge is -2.18. The highest BCUT2D eigenvalue weighted by Gasteiger charge is 2.45. The molecule has 0 radical (unpaired) electrons. The zero-order chi connectivity index (χ0) is 19.0. The second kappa shape index (κ2) is 7.09. The van der Waals surface area contributed by atoms with Crippen LogP contribution in [0.4, 0.5) is 0 Å². The summed E-state index contributed by atoms with van der Waals surface area (Å²) < 4.78 is 25.7. The fraction of sp³-hybridized carbons (Fsp3) is 0.381. The summed E-state index contributed by atoms with van der Waals surface area (Å²) in [5.41, 5.74) is 0.592. The predicted octanol–water partition coefficient (Wildman–Crippen LogP) is 2.76. The van der Waals surface area contributed by atoms with E-state index in [1.54, 1.807) is 36.4 Å². The molecule has 1 heterocycles. The molecule has 2 fully saturated rings.